The van der Waals surface area contributed by atoms with Crippen molar-refractivity contribution < 1.29 is 14.4 Å². The maximum Gasteiger partial charge on any atom is 0.326 e. The SMILES string of the molecule is CN1C(=O)[C@H](CC(=O)NCc2ccc3nsnc3c2)N(C)C1=O. The van der Waals surface area contributed by atoms with Crippen LogP contribution in [0.15, 0.2) is 18.2 Å². The van der Waals surface area contributed by atoms with Gasteiger partial charge in [0.1, 0.15) is 17.1 Å². The van der Waals surface area contributed by atoms with Crippen molar-refractivity contribution in [3.8, 4) is 0 Å². The van der Waals surface area contributed by atoms with Gasteiger partial charge in [-0.05, 0) is 17.7 Å². The first-order valence-corrected chi connectivity index (χ1v) is 7.72. The standard InChI is InChI=1S/C14H15N5O3S/c1-18-11(13(21)19(2)14(18)22)6-12(20)15-7-8-3-4-9-10(5-8)17-23-16-9/h3-5,11H,6-7H2,1-2H3,(H,15,20)/t11-/m0/s1. The van der Waals surface area contributed by atoms with E-state index in [1.807, 2.05) is 18.2 Å². The summed E-state index contributed by atoms with van der Waals surface area (Å²) in [6.45, 7) is 0.334. The molecule has 0 unspecified atom stereocenters. The third kappa shape index (κ3) is 2.87. The average molecular weight is 333 g/mol. The molecule has 0 aliphatic carbocycles. The molecule has 1 atom stereocenters. The number of carbonyl (C=O) groups excluding carboxylic acids is 3. The van der Waals surface area contributed by atoms with Crippen LogP contribution in [0.1, 0.15) is 12.0 Å². The fraction of sp³-hybridized carbons (Fsp3) is 0.357. The van der Waals surface area contributed by atoms with Crippen LogP contribution in [-0.2, 0) is 16.1 Å². The number of likely N-dealkylation sites (N-methyl/N-ethyl adjacent to an activating group) is 2. The van der Waals surface area contributed by atoms with Gasteiger partial charge in [0.25, 0.3) is 5.91 Å². The minimum Gasteiger partial charge on any atom is -0.352 e. The molecule has 1 aliphatic rings. The highest BCUT2D eigenvalue weighted by atomic mass is 32.1. The molecule has 120 valence electrons. The Hall–Kier alpha value is -2.55. The van der Waals surface area contributed by atoms with Gasteiger partial charge in [-0.15, -0.1) is 0 Å². The van der Waals surface area contributed by atoms with E-state index in [0.29, 0.717) is 6.54 Å². The summed E-state index contributed by atoms with van der Waals surface area (Å²) >= 11 is 1.14. The number of imide groups is 1. The zero-order valence-electron chi connectivity index (χ0n) is 12.6. The van der Waals surface area contributed by atoms with E-state index in [-0.39, 0.29) is 18.2 Å². The van der Waals surface area contributed by atoms with Gasteiger partial charge in [-0.3, -0.25) is 14.5 Å². The Morgan fingerprint density at radius 1 is 1.26 bits per heavy atom. The van der Waals surface area contributed by atoms with Crippen LogP contribution >= 0.6 is 11.7 Å². The summed E-state index contributed by atoms with van der Waals surface area (Å²) in [6.07, 6.45) is -0.0497. The van der Waals surface area contributed by atoms with Gasteiger partial charge in [-0.2, -0.15) is 8.75 Å². The minimum absolute atomic E-state index is 0.0497. The second kappa shape index (κ2) is 5.92. The van der Waals surface area contributed by atoms with E-state index < -0.39 is 12.1 Å². The molecule has 0 saturated carbocycles. The molecule has 1 aliphatic heterocycles. The maximum absolute atomic E-state index is 12.0. The summed E-state index contributed by atoms with van der Waals surface area (Å²) in [5, 5.41) is 2.76. The first-order chi connectivity index (χ1) is 11.0. The number of carbonyl (C=O) groups is 3. The van der Waals surface area contributed by atoms with Crippen LogP contribution in [0.2, 0.25) is 0 Å². The molecule has 1 N–H and O–H groups in total. The molecule has 1 fully saturated rings. The molecule has 3 rings (SSSR count). The number of benzene rings is 1. The number of hydrogen-bond donors (Lipinski definition) is 1. The number of urea groups is 1. The molecule has 1 saturated heterocycles. The van der Waals surface area contributed by atoms with Crippen molar-refractivity contribution in [2.24, 2.45) is 0 Å². The van der Waals surface area contributed by atoms with E-state index in [9.17, 15) is 14.4 Å². The quantitative estimate of drug-likeness (QED) is 0.826. The molecule has 23 heavy (non-hydrogen) atoms. The molecule has 2 aromatic rings. The third-order valence-corrected chi connectivity index (χ3v) is 4.42. The molecule has 1 aromatic carbocycles. The molecule has 9 heteroatoms. The van der Waals surface area contributed by atoms with Crippen LogP contribution in [0.25, 0.3) is 11.0 Å². The molecule has 1 aromatic heterocycles. The summed E-state index contributed by atoms with van der Waals surface area (Å²) in [6, 6.07) is 4.45. The van der Waals surface area contributed by atoms with Gasteiger partial charge in [0.2, 0.25) is 5.91 Å². The molecule has 4 amide bonds. The van der Waals surface area contributed by atoms with Crippen LogP contribution in [0, 0.1) is 0 Å². The molecular weight excluding hydrogens is 318 g/mol. The molecule has 0 spiro atoms. The largest absolute Gasteiger partial charge is 0.352 e. The van der Waals surface area contributed by atoms with Crippen LogP contribution in [0.3, 0.4) is 0 Å². The summed E-state index contributed by atoms with van der Waals surface area (Å²) < 4.78 is 8.27. The van der Waals surface area contributed by atoms with Crippen LogP contribution in [0.4, 0.5) is 4.79 Å². The van der Waals surface area contributed by atoms with Gasteiger partial charge < -0.3 is 10.2 Å². The van der Waals surface area contributed by atoms with E-state index in [4.69, 9.17) is 0 Å². The first-order valence-electron chi connectivity index (χ1n) is 6.99. The Kier molecular flexibility index (Phi) is 3.95. The first kappa shape index (κ1) is 15.3. The Bertz CT molecular complexity index is 790. The lowest BCUT2D eigenvalue weighted by Gasteiger charge is -2.15. The predicted octanol–water partition coefficient (Wildman–Crippen LogP) is 0.590. The number of fused-ring (bicyclic) bond motifs is 1. The van der Waals surface area contributed by atoms with Gasteiger partial charge in [-0.1, -0.05) is 6.07 Å². The summed E-state index contributed by atoms with van der Waals surface area (Å²) in [5.74, 6) is -0.641. The van der Waals surface area contributed by atoms with E-state index in [2.05, 4.69) is 14.1 Å². The van der Waals surface area contributed by atoms with Crippen molar-refractivity contribution in [1.82, 2.24) is 23.9 Å². The predicted molar refractivity (Wildman–Crippen MR) is 83.6 cm³/mol. The average Bonchev–Trinajstić information content (AvgIpc) is 3.08. The van der Waals surface area contributed by atoms with Crippen LogP contribution in [0.5, 0.6) is 0 Å². The number of amides is 4. The molecule has 0 radical (unpaired) electrons. The van der Waals surface area contributed by atoms with Crippen molar-refractivity contribution in [2.45, 2.75) is 19.0 Å². The van der Waals surface area contributed by atoms with Crippen LogP contribution < -0.4 is 5.32 Å². The Morgan fingerprint density at radius 3 is 2.70 bits per heavy atom. The summed E-state index contributed by atoms with van der Waals surface area (Å²) in [4.78, 5) is 38.0. The topological polar surface area (TPSA) is 95.5 Å². The van der Waals surface area contributed by atoms with E-state index in [1.54, 1.807) is 0 Å². The zero-order chi connectivity index (χ0) is 16.6. The lowest BCUT2D eigenvalue weighted by molar-refractivity contribution is -0.131. The molecule has 8 nitrogen and oxygen atoms in total. The normalized spacial score (nSPS) is 18.1. The lowest BCUT2D eigenvalue weighted by Crippen LogP contribution is -2.37. The van der Waals surface area contributed by atoms with Crippen LogP contribution in [-0.4, -0.2) is 56.5 Å². The Morgan fingerprint density at radius 2 is 2.00 bits per heavy atom. The van der Waals surface area contributed by atoms with Crippen molar-refractivity contribution in [2.75, 3.05) is 14.1 Å². The smallest absolute Gasteiger partial charge is 0.326 e. The van der Waals surface area contributed by atoms with Gasteiger partial charge >= 0.3 is 6.03 Å². The third-order valence-electron chi connectivity index (χ3n) is 3.86. The van der Waals surface area contributed by atoms with E-state index in [0.717, 1.165) is 33.2 Å². The Balaban J connectivity index is 1.59. The minimum atomic E-state index is -0.738. The molecule has 2 heterocycles. The van der Waals surface area contributed by atoms with Gasteiger partial charge in [-0.25, -0.2) is 4.79 Å². The van der Waals surface area contributed by atoms with E-state index in [1.165, 1.54) is 19.0 Å². The monoisotopic (exact) mass is 333 g/mol. The van der Waals surface area contributed by atoms with Crippen molar-refractivity contribution >= 4 is 40.6 Å². The highest BCUT2D eigenvalue weighted by Gasteiger charge is 2.41. The highest BCUT2D eigenvalue weighted by Crippen LogP contribution is 2.17. The summed E-state index contributed by atoms with van der Waals surface area (Å²) in [7, 11) is 2.93. The number of aromatic nitrogens is 2. The number of nitrogens with one attached hydrogen (secondary N) is 1. The number of nitrogens with zero attached hydrogens (tertiary/aromatic N) is 4. The fourth-order valence-electron chi connectivity index (χ4n) is 2.46. The number of hydrogen-bond acceptors (Lipinski definition) is 6. The van der Waals surface area contributed by atoms with Crippen molar-refractivity contribution in [1.29, 1.82) is 0 Å². The second-order valence-electron chi connectivity index (χ2n) is 5.37. The molecule has 0 bridgehead atoms. The lowest BCUT2D eigenvalue weighted by atomic mass is 10.1. The van der Waals surface area contributed by atoms with Crippen molar-refractivity contribution in [3.63, 3.8) is 0 Å². The maximum atomic E-state index is 12.0. The zero-order valence-corrected chi connectivity index (χ0v) is 13.5. The second-order valence-corrected chi connectivity index (χ2v) is 5.90. The van der Waals surface area contributed by atoms with Crippen molar-refractivity contribution in [3.05, 3.63) is 23.8 Å². The summed E-state index contributed by atoms with van der Waals surface area (Å²) in [5.41, 5.74) is 2.52. The highest BCUT2D eigenvalue weighted by molar-refractivity contribution is 7.00. The van der Waals surface area contributed by atoms with Gasteiger partial charge in [0.05, 0.1) is 18.1 Å². The van der Waals surface area contributed by atoms with E-state index >= 15 is 0 Å². The van der Waals surface area contributed by atoms with Gasteiger partial charge in [0.15, 0.2) is 0 Å². The van der Waals surface area contributed by atoms with Gasteiger partial charge in [0, 0.05) is 20.6 Å². The Labute approximate surface area is 136 Å². The number of rotatable bonds is 4. The molecular formula is C14H15N5O3S. The fourth-order valence-corrected chi connectivity index (χ4v) is 2.98.